The van der Waals surface area contributed by atoms with E-state index in [1.165, 1.54) is 22.7 Å². The zero-order valence-corrected chi connectivity index (χ0v) is 9.68. The molecular formula is C10H7N3OS2. The number of aromatic hydroxyl groups is 1. The molecule has 6 heteroatoms. The monoisotopic (exact) mass is 249 g/mol. The number of nitrogens with two attached hydrogens (primary N) is 1. The quantitative estimate of drug-likeness (QED) is 0.650. The van der Waals surface area contributed by atoms with Crippen LogP contribution in [-0.2, 0) is 0 Å². The van der Waals surface area contributed by atoms with Crippen molar-refractivity contribution in [1.29, 1.82) is 0 Å². The van der Waals surface area contributed by atoms with Crippen LogP contribution in [0.3, 0.4) is 0 Å². The van der Waals surface area contributed by atoms with Gasteiger partial charge in [-0.15, -0.1) is 22.7 Å². The van der Waals surface area contributed by atoms with Gasteiger partial charge >= 0.3 is 0 Å². The number of nitrogen functional groups attached to an aromatic ring is 1. The minimum atomic E-state index is 0.0405. The van der Waals surface area contributed by atoms with Crippen LogP contribution in [0.25, 0.3) is 20.2 Å². The molecule has 0 atom stereocenters. The highest BCUT2D eigenvalue weighted by Gasteiger charge is 2.10. The first-order valence-electron chi connectivity index (χ1n) is 4.53. The molecule has 0 saturated heterocycles. The van der Waals surface area contributed by atoms with Gasteiger partial charge in [0, 0.05) is 5.69 Å². The number of aromatic nitrogens is 2. The van der Waals surface area contributed by atoms with Gasteiger partial charge in [-0.1, -0.05) is 0 Å². The lowest BCUT2D eigenvalue weighted by Crippen LogP contribution is -1.81. The van der Waals surface area contributed by atoms with Gasteiger partial charge in [0.1, 0.15) is 0 Å². The average Bonchev–Trinajstić information content (AvgIpc) is 2.83. The fourth-order valence-electron chi connectivity index (χ4n) is 1.40. The Morgan fingerprint density at radius 3 is 2.81 bits per heavy atom. The molecule has 0 amide bonds. The second-order valence-corrected chi connectivity index (χ2v) is 5.15. The SMILES string of the molecule is Nc1ccc2nc(-c3nc(O)cs3)sc2c1. The summed E-state index contributed by atoms with van der Waals surface area (Å²) in [6.45, 7) is 0. The molecule has 3 N–H and O–H groups in total. The van der Waals surface area contributed by atoms with E-state index in [-0.39, 0.29) is 5.88 Å². The van der Waals surface area contributed by atoms with Gasteiger partial charge in [-0.25, -0.2) is 4.98 Å². The molecule has 2 heterocycles. The first-order valence-corrected chi connectivity index (χ1v) is 6.23. The molecule has 0 radical (unpaired) electrons. The van der Waals surface area contributed by atoms with Crippen molar-refractivity contribution in [3.8, 4) is 15.9 Å². The van der Waals surface area contributed by atoms with Crippen LogP contribution in [0.5, 0.6) is 5.88 Å². The van der Waals surface area contributed by atoms with E-state index in [9.17, 15) is 5.11 Å². The number of hydrogen-bond acceptors (Lipinski definition) is 6. The van der Waals surface area contributed by atoms with Gasteiger partial charge < -0.3 is 10.8 Å². The van der Waals surface area contributed by atoms with Crippen LogP contribution in [0.4, 0.5) is 5.69 Å². The summed E-state index contributed by atoms with van der Waals surface area (Å²) in [5, 5.41) is 12.3. The van der Waals surface area contributed by atoms with Crippen LogP contribution in [0.15, 0.2) is 23.6 Å². The summed E-state index contributed by atoms with van der Waals surface area (Å²) in [6, 6.07) is 5.60. The largest absolute Gasteiger partial charge is 0.493 e. The molecule has 80 valence electrons. The van der Waals surface area contributed by atoms with Gasteiger partial charge in [-0.05, 0) is 18.2 Å². The normalized spacial score (nSPS) is 11.0. The van der Waals surface area contributed by atoms with E-state index in [1.807, 2.05) is 18.2 Å². The average molecular weight is 249 g/mol. The summed E-state index contributed by atoms with van der Waals surface area (Å²) in [5.74, 6) is 0.0405. The van der Waals surface area contributed by atoms with Gasteiger partial charge in [0.2, 0.25) is 5.88 Å². The molecule has 0 fully saturated rings. The molecule has 3 aromatic rings. The molecule has 2 aromatic heterocycles. The van der Waals surface area contributed by atoms with Crippen LogP contribution < -0.4 is 5.73 Å². The predicted molar refractivity (Wildman–Crippen MR) is 66.8 cm³/mol. The van der Waals surface area contributed by atoms with Crippen LogP contribution in [0, 0.1) is 0 Å². The molecule has 1 aromatic carbocycles. The Labute approximate surface area is 99.0 Å². The molecule has 0 aliphatic heterocycles. The van der Waals surface area contributed by atoms with E-state index >= 15 is 0 Å². The zero-order chi connectivity index (χ0) is 11.1. The lowest BCUT2D eigenvalue weighted by molar-refractivity contribution is 0.458. The summed E-state index contributed by atoms with van der Waals surface area (Å²) in [6.07, 6.45) is 0. The molecule has 3 rings (SSSR count). The topological polar surface area (TPSA) is 72.0 Å². The zero-order valence-electron chi connectivity index (χ0n) is 8.04. The fraction of sp³-hybridized carbons (Fsp3) is 0. The minimum Gasteiger partial charge on any atom is -0.493 e. The van der Waals surface area contributed by atoms with Crippen LogP contribution in [-0.4, -0.2) is 15.1 Å². The van der Waals surface area contributed by atoms with E-state index in [1.54, 1.807) is 5.38 Å². The number of benzene rings is 1. The third-order valence-corrected chi connectivity index (χ3v) is 4.08. The third kappa shape index (κ3) is 1.52. The highest BCUT2D eigenvalue weighted by atomic mass is 32.1. The molecule has 0 aliphatic carbocycles. The van der Waals surface area contributed by atoms with Crippen molar-refractivity contribution in [2.24, 2.45) is 0 Å². The molecule has 0 spiro atoms. The lowest BCUT2D eigenvalue weighted by atomic mass is 10.3. The lowest BCUT2D eigenvalue weighted by Gasteiger charge is -1.89. The van der Waals surface area contributed by atoms with Crippen molar-refractivity contribution in [3.63, 3.8) is 0 Å². The first kappa shape index (κ1) is 9.56. The van der Waals surface area contributed by atoms with Crippen molar-refractivity contribution in [3.05, 3.63) is 23.6 Å². The maximum atomic E-state index is 9.19. The van der Waals surface area contributed by atoms with Gasteiger partial charge in [0.25, 0.3) is 0 Å². The molecule has 16 heavy (non-hydrogen) atoms. The third-order valence-electron chi connectivity index (χ3n) is 2.09. The molecule has 0 saturated carbocycles. The number of thiazole rings is 2. The Morgan fingerprint density at radius 1 is 1.19 bits per heavy atom. The van der Waals surface area contributed by atoms with Crippen molar-refractivity contribution in [2.75, 3.05) is 5.73 Å². The van der Waals surface area contributed by atoms with Crippen LogP contribution in [0.1, 0.15) is 0 Å². The Morgan fingerprint density at radius 2 is 2.06 bits per heavy atom. The number of fused-ring (bicyclic) bond motifs is 1. The summed E-state index contributed by atoms with van der Waals surface area (Å²) >= 11 is 2.90. The Bertz CT molecular complexity index is 659. The smallest absolute Gasteiger partial charge is 0.222 e. The molecule has 0 unspecified atom stereocenters. The standard InChI is InChI=1S/C10H7N3OS2/c11-5-1-2-6-7(3-5)16-10(12-6)9-13-8(14)4-15-9/h1-4,14H,11H2. The molecular weight excluding hydrogens is 242 g/mol. The maximum absolute atomic E-state index is 9.19. The van der Waals surface area contributed by atoms with E-state index in [0.717, 1.165) is 25.9 Å². The highest BCUT2D eigenvalue weighted by molar-refractivity contribution is 7.25. The highest BCUT2D eigenvalue weighted by Crippen LogP contribution is 2.33. The first-order chi connectivity index (χ1) is 7.72. The van der Waals surface area contributed by atoms with E-state index in [2.05, 4.69) is 9.97 Å². The minimum absolute atomic E-state index is 0.0405. The second-order valence-electron chi connectivity index (χ2n) is 3.26. The van der Waals surface area contributed by atoms with Gasteiger partial charge in [0.15, 0.2) is 10.0 Å². The van der Waals surface area contributed by atoms with Gasteiger partial charge in [-0.3, -0.25) is 0 Å². The Balaban J connectivity index is 2.18. The maximum Gasteiger partial charge on any atom is 0.222 e. The van der Waals surface area contributed by atoms with E-state index < -0.39 is 0 Å². The van der Waals surface area contributed by atoms with Crippen molar-refractivity contribution in [2.45, 2.75) is 0 Å². The van der Waals surface area contributed by atoms with Crippen molar-refractivity contribution >= 4 is 38.6 Å². The molecule has 4 nitrogen and oxygen atoms in total. The van der Waals surface area contributed by atoms with Crippen molar-refractivity contribution < 1.29 is 5.11 Å². The predicted octanol–water partition coefficient (Wildman–Crippen LogP) is 2.71. The van der Waals surface area contributed by atoms with Crippen LogP contribution >= 0.6 is 22.7 Å². The number of nitrogens with zero attached hydrogens (tertiary/aromatic N) is 2. The molecule has 0 aliphatic rings. The number of hydrogen-bond donors (Lipinski definition) is 2. The number of anilines is 1. The van der Waals surface area contributed by atoms with Gasteiger partial charge in [-0.2, -0.15) is 4.98 Å². The van der Waals surface area contributed by atoms with Crippen LogP contribution in [0.2, 0.25) is 0 Å². The van der Waals surface area contributed by atoms with Crippen molar-refractivity contribution in [1.82, 2.24) is 9.97 Å². The molecule has 0 bridgehead atoms. The second kappa shape index (κ2) is 3.43. The Hall–Kier alpha value is -1.66. The number of rotatable bonds is 1. The van der Waals surface area contributed by atoms with E-state index in [4.69, 9.17) is 5.73 Å². The fourth-order valence-corrected chi connectivity index (χ4v) is 3.13. The summed E-state index contributed by atoms with van der Waals surface area (Å²) in [7, 11) is 0. The summed E-state index contributed by atoms with van der Waals surface area (Å²) in [4.78, 5) is 8.43. The van der Waals surface area contributed by atoms with Gasteiger partial charge in [0.05, 0.1) is 15.6 Å². The Kier molecular flexibility index (Phi) is 2.05. The van der Waals surface area contributed by atoms with E-state index in [0.29, 0.717) is 0 Å². The summed E-state index contributed by atoms with van der Waals surface area (Å²) < 4.78 is 1.03. The summed E-state index contributed by atoms with van der Waals surface area (Å²) in [5.41, 5.74) is 7.33.